The Morgan fingerprint density at radius 2 is 0.800 bits per heavy atom. The number of fused-ring (bicyclic) bond motifs is 10. The summed E-state index contributed by atoms with van der Waals surface area (Å²) >= 11 is 0. The zero-order chi connectivity index (χ0) is 43.2. The van der Waals surface area contributed by atoms with E-state index in [0.717, 1.165) is 60.6 Å². The van der Waals surface area contributed by atoms with E-state index >= 15 is 0 Å². The first-order chi connectivity index (χ1) is 32.0. The molecule has 9 aromatic carbocycles. The molecule has 12 aromatic rings. The molecular formula is C60H41N5. The molecule has 65 heavy (non-hydrogen) atoms. The standard InChI is InChI=1S/C60H41N5/c1-60(2)51-22-12-9-19-45(51)50-37-43(31-36-52(50)60)58-61-57(42-17-7-4-8-18-42)62-59(63-58)65-54-24-14-11-21-47(54)49-35-34-48-46-20-10-13-23-53(46)64(55(48)56(49)65)44-32-29-41(30-33-44)40-27-25-39(26-28-40)38-15-5-3-6-16-38/h3-37H,1-2H3. The van der Waals surface area contributed by atoms with Crippen molar-refractivity contribution in [2.24, 2.45) is 0 Å². The summed E-state index contributed by atoms with van der Waals surface area (Å²) in [4.78, 5) is 16.1. The summed E-state index contributed by atoms with van der Waals surface area (Å²) in [5.41, 5.74) is 17.1. The van der Waals surface area contributed by atoms with Gasteiger partial charge in [0.2, 0.25) is 5.95 Å². The molecule has 0 fully saturated rings. The summed E-state index contributed by atoms with van der Waals surface area (Å²) in [5.74, 6) is 1.82. The van der Waals surface area contributed by atoms with Crippen LogP contribution in [0.15, 0.2) is 212 Å². The molecule has 5 heteroatoms. The highest BCUT2D eigenvalue weighted by atomic mass is 15.2. The lowest BCUT2D eigenvalue weighted by molar-refractivity contribution is 0.660. The highest BCUT2D eigenvalue weighted by molar-refractivity contribution is 6.23. The maximum absolute atomic E-state index is 5.45. The molecule has 0 spiro atoms. The molecule has 0 saturated carbocycles. The number of aromatic nitrogens is 5. The fourth-order valence-electron chi connectivity index (χ4n) is 10.4. The van der Waals surface area contributed by atoms with Gasteiger partial charge in [-0.1, -0.05) is 196 Å². The molecular weight excluding hydrogens is 791 g/mol. The number of para-hydroxylation sites is 2. The third-order valence-electron chi connectivity index (χ3n) is 13.6. The number of hydrogen-bond acceptors (Lipinski definition) is 3. The van der Waals surface area contributed by atoms with Gasteiger partial charge in [-0.2, -0.15) is 9.97 Å². The molecule has 3 heterocycles. The summed E-state index contributed by atoms with van der Waals surface area (Å²) in [6, 6.07) is 76.0. The molecule has 1 aliphatic carbocycles. The number of rotatable bonds is 6. The van der Waals surface area contributed by atoms with Crippen molar-refractivity contribution in [3.8, 4) is 67.8 Å². The van der Waals surface area contributed by atoms with E-state index in [1.54, 1.807) is 0 Å². The van der Waals surface area contributed by atoms with Gasteiger partial charge >= 0.3 is 0 Å². The monoisotopic (exact) mass is 831 g/mol. The number of benzene rings is 9. The topological polar surface area (TPSA) is 48.5 Å². The average Bonchev–Trinajstić information content (AvgIpc) is 3.97. The van der Waals surface area contributed by atoms with Gasteiger partial charge in [0.25, 0.3) is 0 Å². The number of hydrogen-bond donors (Lipinski definition) is 0. The van der Waals surface area contributed by atoms with Crippen LogP contribution >= 0.6 is 0 Å². The average molecular weight is 832 g/mol. The lowest BCUT2D eigenvalue weighted by atomic mass is 9.82. The van der Waals surface area contributed by atoms with E-state index < -0.39 is 0 Å². The van der Waals surface area contributed by atoms with E-state index in [1.165, 1.54) is 44.3 Å². The van der Waals surface area contributed by atoms with Gasteiger partial charge < -0.3 is 4.57 Å². The maximum Gasteiger partial charge on any atom is 0.238 e. The zero-order valence-electron chi connectivity index (χ0n) is 35.9. The largest absolute Gasteiger partial charge is 0.307 e. The minimum atomic E-state index is -0.106. The molecule has 3 aromatic heterocycles. The maximum atomic E-state index is 5.45. The Morgan fingerprint density at radius 3 is 1.45 bits per heavy atom. The second kappa shape index (κ2) is 14.3. The van der Waals surface area contributed by atoms with Crippen LogP contribution in [0.1, 0.15) is 25.0 Å². The highest BCUT2D eigenvalue weighted by Gasteiger charge is 2.35. The Labute approximate surface area is 376 Å². The predicted octanol–water partition coefficient (Wildman–Crippen LogP) is 15.0. The van der Waals surface area contributed by atoms with Crippen molar-refractivity contribution in [1.82, 2.24) is 24.1 Å². The normalized spacial score (nSPS) is 12.9. The van der Waals surface area contributed by atoms with Crippen molar-refractivity contribution in [3.63, 3.8) is 0 Å². The molecule has 13 rings (SSSR count). The van der Waals surface area contributed by atoms with Crippen LogP contribution in [0.3, 0.4) is 0 Å². The fourth-order valence-corrected chi connectivity index (χ4v) is 10.4. The molecule has 0 atom stereocenters. The van der Waals surface area contributed by atoms with Crippen LogP contribution in [0, 0.1) is 0 Å². The van der Waals surface area contributed by atoms with Crippen LogP contribution in [0.2, 0.25) is 0 Å². The lowest BCUT2D eigenvalue weighted by Gasteiger charge is -2.21. The predicted molar refractivity (Wildman–Crippen MR) is 268 cm³/mol. The Hall–Kier alpha value is -8.41. The van der Waals surface area contributed by atoms with Gasteiger partial charge in [-0.05, 0) is 74.8 Å². The summed E-state index contributed by atoms with van der Waals surface area (Å²) in [6.45, 7) is 4.63. The summed E-state index contributed by atoms with van der Waals surface area (Å²) in [6.07, 6.45) is 0. The highest BCUT2D eigenvalue weighted by Crippen LogP contribution is 2.49. The minimum absolute atomic E-state index is 0.106. The van der Waals surface area contributed by atoms with E-state index in [-0.39, 0.29) is 5.41 Å². The first-order valence-electron chi connectivity index (χ1n) is 22.3. The SMILES string of the molecule is CC1(C)c2ccccc2-c2cc(-c3nc(-c4ccccc4)nc(-n4c5ccccc5c5ccc6c7ccccc7n(-c7ccc(-c8ccc(-c9ccccc9)cc8)cc7)c6c54)n3)ccc21. The number of nitrogens with zero attached hydrogens (tertiary/aromatic N) is 5. The summed E-state index contributed by atoms with van der Waals surface area (Å²) in [7, 11) is 0. The van der Waals surface area contributed by atoms with Crippen molar-refractivity contribution < 1.29 is 0 Å². The van der Waals surface area contributed by atoms with Crippen molar-refractivity contribution >= 4 is 43.6 Å². The van der Waals surface area contributed by atoms with Gasteiger partial charge in [0, 0.05) is 43.8 Å². The van der Waals surface area contributed by atoms with Gasteiger partial charge in [0.05, 0.1) is 22.1 Å². The molecule has 5 nitrogen and oxygen atoms in total. The zero-order valence-corrected chi connectivity index (χ0v) is 35.9. The molecule has 306 valence electrons. The first kappa shape index (κ1) is 37.2. The third-order valence-corrected chi connectivity index (χ3v) is 13.6. The van der Waals surface area contributed by atoms with Gasteiger partial charge in [-0.3, -0.25) is 4.57 Å². The second-order valence-electron chi connectivity index (χ2n) is 17.6. The summed E-state index contributed by atoms with van der Waals surface area (Å²) < 4.78 is 4.69. The van der Waals surface area contributed by atoms with E-state index in [2.05, 4.69) is 217 Å². The van der Waals surface area contributed by atoms with Crippen molar-refractivity contribution in [3.05, 3.63) is 223 Å². The van der Waals surface area contributed by atoms with Crippen LogP contribution in [-0.2, 0) is 5.41 Å². The van der Waals surface area contributed by atoms with Gasteiger partial charge in [0.15, 0.2) is 11.6 Å². The first-order valence-corrected chi connectivity index (χ1v) is 22.3. The van der Waals surface area contributed by atoms with Crippen LogP contribution in [0.5, 0.6) is 0 Å². The van der Waals surface area contributed by atoms with E-state index in [0.29, 0.717) is 17.6 Å². The van der Waals surface area contributed by atoms with Crippen molar-refractivity contribution in [2.75, 3.05) is 0 Å². The van der Waals surface area contributed by atoms with Crippen molar-refractivity contribution in [1.29, 1.82) is 0 Å². The molecule has 1 aliphatic rings. The minimum Gasteiger partial charge on any atom is -0.307 e. The fraction of sp³-hybridized carbons (Fsp3) is 0.0500. The Bertz CT molecular complexity index is 3820. The van der Waals surface area contributed by atoms with Crippen LogP contribution in [-0.4, -0.2) is 24.1 Å². The lowest BCUT2D eigenvalue weighted by Crippen LogP contribution is -2.14. The molecule has 0 unspecified atom stereocenters. The van der Waals surface area contributed by atoms with Crippen molar-refractivity contribution in [2.45, 2.75) is 19.3 Å². The molecule has 0 bridgehead atoms. The molecule has 0 amide bonds. The van der Waals surface area contributed by atoms with E-state index in [1.807, 2.05) is 18.2 Å². The van der Waals surface area contributed by atoms with Crippen LogP contribution < -0.4 is 0 Å². The van der Waals surface area contributed by atoms with Crippen LogP contribution in [0.4, 0.5) is 0 Å². The Kier molecular flexibility index (Phi) is 8.18. The van der Waals surface area contributed by atoms with E-state index in [9.17, 15) is 0 Å². The molecule has 0 saturated heterocycles. The third kappa shape index (κ3) is 5.75. The van der Waals surface area contributed by atoms with Crippen LogP contribution in [0.25, 0.3) is 111 Å². The molecule has 0 aliphatic heterocycles. The van der Waals surface area contributed by atoms with Gasteiger partial charge in [-0.25, -0.2) is 4.98 Å². The van der Waals surface area contributed by atoms with Gasteiger partial charge in [-0.15, -0.1) is 0 Å². The van der Waals surface area contributed by atoms with E-state index in [4.69, 9.17) is 15.0 Å². The summed E-state index contributed by atoms with van der Waals surface area (Å²) in [5, 5.41) is 4.61. The molecule has 0 N–H and O–H groups in total. The smallest absolute Gasteiger partial charge is 0.238 e. The Balaban J connectivity index is 1.04. The quantitative estimate of drug-likeness (QED) is 0.168. The second-order valence-corrected chi connectivity index (χ2v) is 17.6. The Morgan fingerprint density at radius 1 is 0.338 bits per heavy atom. The van der Waals surface area contributed by atoms with Gasteiger partial charge in [0.1, 0.15) is 0 Å². The molecule has 0 radical (unpaired) electrons.